The zero-order valence-electron chi connectivity index (χ0n) is 17.0. The standard InChI is InChI=1S/C19H32B2N2O3/c1-6-22-16(24)14(17(25)23(7-2)18(22)20)15-21-12-9-8-11(19(3,4)5)10-13(12)26-15/h11-15,20-21H,6-10H2,1-5H3. The molecule has 0 aromatic carbocycles. The van der Waals surface area contributed by atoms with Crippen LogP contribution in [-0.4, -0.2) is 67.3 Å². The Hall–Kier alpha value is -1.10. The van der Waals surface area contributed by atoms with Crippen molar-refractivity contribution in [2.24, 2.45) is 17.3 Å². The Morgan fingerprint density at radius 1 is 1.12 bits per heavy atom. The molecular weight excluding hydrogens is 326 g/mol. The summed E-state index contributed by atoms with van der Waals surface area (Å²) in [6.07, 6.45) is 3.59. The van der Waals surface area contributed by atoms with E-state index in [1.165, 1.54) is 6.42 Å². The maximum atomic E-state index is 13.0. The predicted molar refractivity (Wildman–Crippen MR) is 107 cm³/mol. The van der Waals surface area contributed by atoms with Crippen molar-refractivity contribution in [1.82, 2.24) is 9.80 Å². The molecule has 0 aromatic rings. The van der Waals surface area contributed by atoms with Gasteiger partial charge >= 0.3 is 159 Å². The van der Waals surface area contributed by atoms with Crippen LogP contribution in [0.1, 0.15) is 53.9 Å². The molecule has 0 bridgehead atoms. The summed E-state index contributed by atoms with van der Waals surface area (Å²) in [6.45, 7) is 11.8. The molecule has 0 spiro atoms. The van der Waals surface area contributed by atoms with Crippen molar-refractivity contribution in [2.45, 2.75) is 71.8 Å². The molecule has 2 aliphatic heterocycles. The van der Waals surface area contributed by atoms with Crippen molar-refractivity contribution in [2.75, 3.05) is 13.1 Å². The molecule has 4 unspecified atom stereocenters. The van der Waals surface area contributed by atoms with Gasteiger partial charge in [-0.25, -0.2) is 0 Å². The molecule has 7 heteroatoms. The van der Waals surface area contributed by atoms with Crippen LogP contribution in [0.15, 0.2) is 0 Å². The number of hydrogen-bond donors (Lipinski definition) is 0. The molecule has 1 aliphatic carbocycles. The van der Waals surface area contributed by atoms with Crippen LogP contribution in [0.4, 0.5) is 0 Å². The van der Waals surface area contributed by atoms with E-state index in [9.17, 15) is 9.59 Å². The van der Waals surface area contributed by atoms with Crippen LogP contribution in [0.3, 0.4) is 0 Å². The first-order valence-electron chi connectivity index (χ1n) is 10.2. The molecule has 142 valence electrons. The van der Waals surface area contributed by atoms with Gasteiger partial charge in [0, 0.05) is 0 Å². The first-order chi connectivity index (χ1) is 12.2. The van der Waals surface area contributed by atoms with Crippen molar-refractivity contribution in [3.05, 3.63) is 0 Å². The van der Waals surface area contributed by atoms with Crippen LogP contribution in [0, 0.1) is 17.3 Å². The van der Waals surface area contributed by atoms with Crippen LogP contribution in [0.5, 0.6) is 0 Å². The minimum absolute atomic E-state index is 0.136. The molecule has 2 amide bonds. The minimum atomic E-state index is -0.709. The van der Waals surface area contributed by atoms with Gasteiger partial charge in [0.25, 0.3) is 0 Å². The second-order valence-corrected chi connectivity index (χ2v) is 9.14. The van der Waals surface area contributed by atoms with Crippen LogP contribution in [0.2, 0.25) is 5.82 Å². The van der Waals surface area contributed by atoms with E-state index in [-0.39, 0.29) is 29.3 Å². The fourth-order valence-electron chi connectivity index (χ4n) is 5.04. The van der Waals surface area contributed by atoms with Gasteiger partial charge in [-0.05, 0) is 0 Å². The van der Waals surface area contributed by atoms with Gasteiger partial charge in [0.1, 0.15) is 0 Å². The molecular formula is C19H32B2N2O3. The number of nitrogens with zero attached hydrogens (tertiary/aromatic N) is 2. The monoisotopic (exact) mass is 358 g/mol. The molecule has 2 heterocycles. The van der Waals surface area contributed by atoms with Crippen LogP contribution < -0.4 is 0 Å². The molecule has 2 saturated heterocycles. The summed E-state index contributed by atoms with van der Waals surface area (Å²) in [5, 5.41) is 0. The molecule has 4 atom stereocenters. The van der Waals surface area contributed by atoms with Gasteiger partial charge in [-0.1, -0.05) is 0 Å². The topological polar surface area (TPSA) is 49.9 Å². The Morgan fingerprint density at radius 3 is 2.19 bits per heavy atom. The average molecular weight is 358 g/mol. The third kappa shape index (κ3) is 3.28. The maximum absolute atomic E-state index is 13.0. The summed E-state index contributed by atoms with van der Waals surface area (Å²) in [7, 11) is 4.78. The number of amides is 2. The van der Waals surface area contributed by atoms with E-state index < -0.39 is 5.92 Å². The van der Waals surface area contributed by atoms with Gasteiger partial charge < -0.3 is 0 Å². The summed E-state index contributed by atoms with van der Waals surface area (Å²) >= 11 is 0. The first-order valence-corrected chi connectivity index (χ1v) is 10.2. The van der Waals surface area contributed by atoms with Crippen LogP contribution in [-0.2, 0) is 14.3 Å². The second-order valence-electron chi connectivity index (χ2n) is 9.14. The van der Waals surface area contributed by atoms with E-state index in [4.69, 9.17) is 4.74 Å². The van der Waals surface area contributed by atoms with Crippen LogP contribution >= 0.6 is 0 Å². The third-order valence-corrected chi connectivity index (χ3v) is 6.73. The van der Waals surface area contributed by atoms with E-state index in [0.717, 1.165) is 20.1 Å². The van der Waals surface area contributed by atoms with Gasteiger partial charge in [0.05, 0.1) is 0 Å². The third-order valence-electron chi connectivity index (χ3n) is 6.73. The van der Waals surface area contributed by atoms with Crippen molar-refractivity contribution >= 4 is 32.3 Å². The van der Waals surface area contributed by atoms with Crippen molar-refractivity contribution in [3.63, 3.8) is 0 Å². The van der Waals surface area contributed by atoms with Gasteiger partial charge in [0.15, 0.2) is 0 Å². The van der Waals surface area contributed by atoms with Gasteiger partial charge in [-0.2, -0.15) is 0 Å². The molecule has 3 aliphatic rings. The Kier molecular flexibility index (Phi) is 5.40. The molecule has 3 rings (SSSR count). The first kappa shape index (κ1) is 19.7. The van der Waals surface area contributed by atoms with E-state index in [2.05, 4.69) is 28.3 Å². The number of fused-ring (bicyclic) bond motifs is 1. The zero-order chi connectivity index (χ0) is 19.2. The molecule has 5 nitrogen and oxygen atoms in total. The van der Waals surface area contributed by atoms with Crippen molar-refractivity contribution in [1.29, 1.82) is 0 Å². The number of hydrogen-bond acceptors (Lipinski definition) is 3. The molecule has 26 heavy (non-hydrogen) atoms. The van der Waals surface area contributed by atoms with E-state index in [0.29, 0.717) is 30.5 Å². The zero-order valence-corrected chi connectivity index (χ0v) is 17.0. The van der Waals surface area contributed by atoms with E-state index >= 15 is 0 Å². The van der Waals surface area contributed by atoms with E-state index in [1.54, 1.807) is 9.80 Å². The van der Waals surface area contributed by atoms with Gasteiger partial charge in [0.2, 0.25) is 0 Å². The van der Waals surface area contributed by atoms with Gasteiger partial charge in [-0.3, -0.25) is 0 Å². The normalized spacial score (nSPS) is 35.5. The number of carbonyl (C=O) groups is 2. The molecule has 0 N–H and O–H groups in total. The van der Waals surface area contributed by atoms with Gasteiger partial charge in [-0.15, -0.1) is 0 Å². The summed E-state index contributed by atoms with van der Waals surface area (Å²) in [5.74, 6) is 0.138. The Balaban J connectivity index is 1.78. The van der Waals surface area contributed by atoms with Crippen molar-refractivity contribution < 1.29 is 14.3 Å². The SMILES string of the molecule is B=C1N(CC)C(=O)C(C2BC3CCC(C(C)(C)C)CC3O2)C(=O)N1CC. The second kappa shape index (κ2) is 7.14. The average Bonchev–Trinajstić information content (AvgIpc) is 2.97. The quantitative estimate of drug-likeness (QED) is 0.561. The molecule has 1 saturated carbocycles. The Bertz CT molecular complexity index is 578. The Morgan fingerprint density at radius 2 is 1.69 bits per heavy atom. The molecule has 0 radical (unpaired) electrons. The summed E-state index contributed by atoms with van der Waals surface area (Å²) < 4.78 is 6.37. The van der Waals surface area contributed by atoms with Crippen molar-refractivity contribution in [3.8, 4) is 0 Å². The summed E-state index contributed by atoms with van der Waals surface area (Å²) in [6, 6.07) is -0.292. The van der Waals surface area contributed by atoms with Crippen LogP contribution in [0.25, 0.3) is 0 Å². The fourth-order valence-corrected chi connectivity index (χ4v) is 5.04. The van der Waals surface area contributed by atoms with E-state index in [1.807, 2.05) is 13.8 Å². The summed E-state index contributed by atoms with van der Waals surface area (Å²) in [4.78, 5) is 29.3. The summed E-state index contributed by atoms with van der Waals surface area (Å²) in [5.41, 5.74) is 0.781. The number of rotatable bonds is 3. The number of carbonyl (C=O) groups excluding carboxylic acids is 2. The predicted octanol–water partition coefficient (Wildman–Crippen LogP) is 1.10. The Labute approximate surface area is 159 Å². The molecule has 0 aromatic heterocycles. The fraction of sp³-hybridized carbons (Fsp3) is 0.842. The number of ether oxygens (including phenoxy) is 1. The molecule has 3 fully saturated rings.